The predicted octanol–water partition coefficient (Wildman–Crippen LogP) is 4.02. The fourth-order valence-electron chi connectivity index (χ4n) is 2.17. The number of Topliss-reactive ketones (excluding diaryl/α,β-unsaturated/α-hetero) is 1. The number of alkyl halides is 3. The molecular weight excluding hydrogens is 407 g/mol. The summed E-state index contributed by atoms with van der Waals surface area (Å²) in [7, 11) is -1.90. The molecule has 0 radical (unpaired) electrons. The first-order valence-corrected chi connectivity index (χ1v) is 8.85. The molecule has 2 aromatic carbocycles. The topological polar surface area (TPSA) is 73.1 Å². The minimum Gasteiger partial charge on any atom is -0.329 e. The van der Waals surface area contributed by atoms with Gasteiger partial charge in [0.1, 0.15) is 0 Å². The molecule has 146 valence electrons. The van der Waals surface area contributed by atoms with Crippen LogP contribution in [0.15, 0.2) is 51.9 Å². The maximum absolute atomic E-state index is 13.2. The molecule has 0 saturated carbocycles. The molecule has 11 heteroatoms. The maximum Gasteiger partial charge on any atom is 0.471 e. The quantitative estimate of drug-likeness (QED) is 0.464. The van der Waals surface area contributed by atoms with Crippen LogP contribution in [0, 0.1) is 11.6 Å². The molecule has 5 nitrogen and oxygen atoms in total. The summed E-state index contributed by atoms with van der Waals surface area (Å²) in [6.45, 7) is 0. The molecule has 1 atom stereocenters. The maximum atomic E-state index is 13.2. The van der Waals surface area contributed by atoms with Crippen molar-refractivity contribution in [1.82, 2.24) is 10.1 Å². The largest absolute Gasteiger partial charge is 0.471 e. The van der Waals surface area contributed by atoms with Crippen LogP contribution in [0.4, 0.5) is 22.0 Å². The first kappa shape index (κ1) is 19.8. The summed E-state index contributed by atoms with van der Waals surface area (Å²) in [5, 5.41) is 3.22. The molecule has 0 fully saturated rings. The number of hydrogen-bond donors (Lipinski definition) is 0. The Hall–Kier alpha value is -2.95. The van der Waals surface area contributed by atoms with E-state index in [9.17, 15) is 31.0 Å². The van der Waals surface area contributed by atoms with E-state index in [4.69, 9.17) is 0 Å². The van der Waals surface area contributed by atoms with Crippen molar-refractivity contribution in [3.63, 3.8) is 0 Å². The molecule has 0 aliphatic heterocycles. The van der Waals surface area contributed by atoms with Gasteiger partial charge in [0.2, 0.25) is 5.82 Å². The summed E-state index contributed by atoms with van der Waals surface area (Å²) in [5.41, 5.74) is 0.303. The van der Waals surface area contributed by atoms with Crippen molar-refractivity contribution < 1.29 is 35.5 Å². The fourth-order valence-corrected chi connectivity index (χ4v) is 3.19. The van der Waals surface area contributed by atoms with E-state index in [1.54, 1.807) is 0 Å². The molecule has 28 heavy (non-hydrogen) atoms. The van der Waals surface area contributed by atoms with Gasteiger partial charge in [-0.05, 0) is 18.2 Å². The van der Waals surface area contributed by atoms with Crippen molar-refractivity contribution in [3.8, 4) is 11.4 Å². The van der Waals surface area contributed by atoms with Crippen LogP contribution in [0.2, 0.25) is 0 Å². The first-order chi connectivity index (χ1) is 13.1. The average molecular weight is 416 g/mol. The van der Waals surface area contributed by atoms with Crippen LogP contribution in [0.5, 0.6) is 0 Å². The summed E-state index contributed by atoms with van der Waals surface area (Å²) >= 11 is 0. The molecule has 3 rings (SSSR count). The minimum atomic E-state index is -4.77. The Kier molecular flexibility index (Phi) is 5.36. The van der Waals surface area contributed by atoms with Gasteiger partial charge >= 0.3 is 12.1 Å². The molecule has 1 unspecified atom stereocenters. The van der Waals surface area contributed by atoms with Crippen LogP contribution in [0.3, 0.4) is 0 Å². The number of nitrogens with zero attached hydrogens (tertiary/aromatic N) is 2. The summed E-state index contributed by atoms with van der Waals surface area (Å²) in [6, 6.07) is 7.86. The third-order valence-corrected chi connectivity index (χ3v) is 4.85. The molecule has 0 saturated heterocycles. The highest BCUT2D eigenvalue weighted by molar-refractivity contribution is 7.85. The first-order valence-electron chi connectivity index (χ1n) is 7.53. The van der Waals surface area contributed by atoms with Gasteiger partial charge in [-0.2, -0.15) is 18.2 Å². The lowest BCUT2D eigenvalue weighted by Gasteiger charge is -2.04. The van der Waals surface area contributed by atoms with E-state index in [2.05, 4.69) is 14.7 Å². The Balaban J connectivity index is 1.72. The monoisotopic (exact) mass is 416 g/mol. The lowest BCUT2D eigenvalue weighted by atomic mass is 10.1. The van der Waals surface area contributed by atoms with E-state index in [1.165, 1.54) is 24.3 Å². The van der Waals surface area contributed by atoms with Gasteiger partial charge in [-0.25, -0.2) is 8.78 Å². The number of hydrogen-bond acceptors (Lipinski definition) is 5. The van der Waals surface area contributed by atoms with E-state index in [0.717, 1.165) is 18.2 Å². The highest BCUT2D eigenvalue weighted by Gasteiger charge is 2.38. The van der Waals surface area contributed by atoms with Crippen LogP contribution >= 0.6 is 0 Å². The number of halogens is 5. The molecule has 3 aromatic rings. The standard InChI is InChI=1S/C17H9F5N2O3S/c18-12-6-5-11(7-13(12)19)28(26)8-14(25)9-1-3-10(4-2-9)15-23-16(27-24-15)17(20,21)22/h1-7H,8H2. The zero-order chi connectivity index (χ0) is 20.5. The predicted molar refractivity (Wildman–Crippen MR) is 86.7 cm³/mol. The molecule has 0 N–H and O–H groups in total. The normalized spacial score (nSPS) is 12.8. The molecule has 0 amide bonds. The molecule has 1 aromatic heterocycles. The number of benzene rings is 2. The van der Waals surface area contributed by atoms with E-state index in [1.807, 2.05) is 0 Å². The third kappa shape index (κ3) is 4.30. The highest BCUT2D eigenvalue weighted by atomic mass is 32.2. The van der Waals surface area contributed by atoms with Crippen LogP contribution in [0.25, 0.3) is 11.4 Å². The number of rotatable bonds is 5. The third-order valence-electron chi connectivity index (χ3n) is 3.55. The van der Waals surface area contributed by atoms with Gasteiger partial charge in [0, 0.05) is 16.0 Å². The second-order valence-electron chi connectivity index (χ2n) is 5.49. The van der Waals surface area contributed by atoms with E-state index >= 15 is 0 Å². The van der Waals surface area contributed by atoms with Gasteiger partial charge in [-0.15, -0.1) is 0 Å². The molecule has 0 bridgehead atoms. The Bertz CT molecular complexity index is 1050. The van der Waals surface area contributed by atoms with E-state index in [0.29, 0.717) is 0 Å². The van der Waals surface area contributed by atoms with Gasteiger partial charge in [0.15, 0.2) is 17.4 Å². The van der Waals surface area contributed by atoms with Crippen LogP contribution in [-0.2, 0) is 17.0 Å². The number of aromatic nitrogens is 2. The molecule has 0 aliphatic carbocycles. The van der Waals surface area contributed by atoms with E-state index < -0.39 is 46.0 Å². The second-order valence-corrected chi connectivity index (χ2v) is 6.94. The molecule has 0 aliphatic rings. The van der Waals surface area contributed by atoms with Crippen molar-refractivity contribution in [2.75, 3.05) is 5.75 Å². The lowest BCUT2D eigenvalue weighted by molar-refractivity contribution is -0.159. The van der Waals surface area contributed by atoms with Gasteiger partial charge in [-0.3, -0.25) is 9.00 Å². The van der Waals surface area contributed by atoms with Crippen molar-refractivity contribution in [2.45, 2.75) is 11.1 Å². The Labute approximate surface area is 156 Å². The van der Waals surface area contributed by atoms with E-state index in [-0.39, 0.29) is 21.8 Å². The second kappa shape index (κ2) is 7.58. The van der Waals surface area contributed by atoms with Crippen LogP contribution in [0.1, 0.15) is 16.2 Å². The average Bonchev–Trinajstić information content (AvgIpc) is 3.14. The van der Waals surface area contributed by atoms with Crippen molar-refractivity contribution >= 4 is 16.6 Å². The lowest BCUT2D eigenvalue weighted by Crippen LogP contribution is -2.11. The Morgan fingerprint density at radius 3 is 2.29 bits per heavy atom. The van der Waals surface area contributed by atoms with Crippen molar-refractivity contribution in [2.24, 2.45) is 0 Å². The summed E-state index contributed by atoms with van der Waals surface area (Å²) in [4.78, 5) is 15.4. The Morgan fingerprint density at radius 1 is 1.04 bits per heavy atom. The van der Waals surface area contributed by atoms with Gasteiger partial charge in [0.05, 0.1) is 16.6 Å². The molecule has 0 spiro atoms. The van der Waals surface area contributed by atoms with Crippen LogP contribution in [-0.4, -0.2) is 25.9 Å². The summed E-state index contributed by atoms with van der Waals surface area (Å²) < 4.78 is 79.8. The number of carbonyl (C=O) groups excluding carboxylic acids is 1. The molecular formula is C17H9F5N2O3S. The summed E-state index contributed by atoms with van der Waals surface area (Å²) in [6.07, 6.45) is -4.77. The number of ketones is 1. The minimum absolute atomic E-state index is 0.0460. The SMILES string of the molecule is O=C(CS(=O)c1ccc(F)c(F)c1)c1ccc(-c2noc(C(F)(F)F)n2)cc1. The highest BCUT2D eigenvalue weighted by Crippen LogP contribution is 2.29. The zero-order valence-corrected chi connectivity index (χ0v) is 14.5. The number of carbonyl (C=O) groups is 1. The van der Waals surface area contributed by atoms with Crippen molar-refractivity contribution in [3.05, 3.63) is 65.6 Å². The summed E-state index contributed by atoms with van der Waals surface area (Å²) in [5.74, 6) is -5.12. The van der Waals surface area contributed by atoms with Crippen molar-refractivity contribution in [1.29, 1.82) is 0 Å². The van der Waals surface area contributed by atoms with Gasteiger partial charge in [-0.1, -0.05) is 29.4 Å². The fraction of sp³-hybridized carbons (Fsp3) is 0.118. The molecule has 1 heterocycles. The van der Waals surface area contributed by atoms with Gasteiger partial charge < -0.3 is 4.52 Å². The van der Waals surface area contributed by atoms with Crippen LogP contribution < -0.4 is 0 Å². The Morgan fingerprint density at radius 2 is 1.71 bits per heavy atom. The zero-order valence-electron chi connectivity index (χ0n) is 13.7. The smallest absolute Gasteiger partial charge is 0.329 e. The van der Waals surface area contributed by atoms with Gasteiger partial charge in [0.25, 0.3) is 0 Å².